The van der Waals surface area contributed by atoms with Crippen LogP contribution in [0.5, 0.6) is 0 Å². The van der Waals surface area contributed by atoms with E-state index in [9.17, 15) is 10.1 Å². The second-order valence-corrected chi connectivity index (χ2v) is 3.02. The minimum atomic E-state index is -0.565. The molecule has 0 N–H and O–H groups in total. The van der Waals surface area contributed by atoms with Crippen molar-refractivity contribution in [3.63, 3.8) is 0 Å². The SMILES string of the molecule is N#CCC=Cc1ncc(Cl)cc1[N+](=O)[O-]. The Labute approximate surface area is 90.8 Å². The Morgan fingerprint density at radius 1 is 1.73 bits per heavy atom. The lowest BCUT2D eigenvalue weighted by atomic mass is 10.2. The number of nitro groups is 1. The van der Waals surface area contributed by atoms with Crippen molar-refractivity contribution in [2.24, 2.45) is 0 Å². The van der Waals surface area contributed by atoms with Gasteiger partial charge in [0, 0.05) is 12.3 Å². The first kappa shape index (κ1) is 11.1. The van der Waals surface area contributed by atoms with Crippen molar-refractivity contribution in [2.45, 2.75) is 6.42 Å². The van der Waals surface area contributed by atoms with E-state index in [1.54, 1.807) is 0 Å². The number of hydrogen-bond donors (Lipinski definition) is 0. The Bertz CT molecular complexity index is 451. The summed E-state index contributed by atoms with van der Waals surface area (Å²) in [6.07, 6.45) is 4.43. The van der Waals surface area contributed by atoms with Crippen molar-refractivity contribution < 1.29 is 4.92 Å². The van der Waals surface area contributed by atoms with E-state index in [1.165, 1.54) is 24.4 Å². The van der Waals surface area contributed by atoms with Gasteiger partial charge in [-0.15, -0.1) is 0 Å². The van der Waals surface area contributed by atoms with Crippen LogP contribution in [0.1, 0.15) is 12.1 Å². The van der Waals surface area contributed by atoms with E-state index in [4.69, 9.17) is 16.9 Å². The van der Waals surface area contributed by atoms with Crippen molar-refractivity contribution in [3.8, 4) is 6.07 Å². The number of nitrogens with zero attached hydrogens (tertiary/aromatic N) is 3. The van der Waals surface area contributed by atoms with Gasteiger partial charge in [0.1, 0.15) is 5.69 Å². The highest BCUT2D eigenvalue weighted by Crippen LogP contribution is 2.21. The predicted octanol–water partition coefficient (Wildman–Crippen LogP) is 2.57. The summed E-state index contributed by atoms with van der Waals surface area (Å²) in [6.45, 7) is 0. The average molecular weight is 224 g/mol. The fourth-order valence-electron chi connectivity index (χ4n) is 0.937. The third-order valence-corrected chi connectivity index (χ3v) is 1.75. The highest BCUT2D eigenvalue weighted by molar-refractivity contribution is 6.30. The summed E-state index contributed by atoms with van der Waals surface area (Å²) in [7, 11) is 0. The Morgan fingerprint density at radius 3 is 3.07 bits per heavy atom. The Balaban J connectivity index is 3.07. The van der Waals surface area contributed by atoms with Crippen molar-refractivity contribution in [1.29, 1.82) is 5.26 Å². The van der Waals surface area contributed by atoms with Crippen LogP contribution in [0.4, 0.5) is 5.69 Å². The average Bonchev–Trinajstić information content (AvgIpc) is 2.20. The first-order valence-corrected chi connectivity index (χ1v) is 4.36. The van der Waals surface area contributed by atoms with E-state index in [0.29, 0.717) is 0 Å². The molecule has 76 valence electrons. The summed E-state index contributed by atoms with van der Waals surface area (Å²) < 4.78 is 0. The maximum Gasteiger partial charge on any atom is 0.296 e. The number of aromatic nitrogens is 1. The molecule has 0 aromatic carbocycles. The third-order valence-electron chi connectivity index (χ3n) is 1.55. The summed E-state index contributed by atoms with van der Waals surface area (Å²) in [4.78, 5) is 13.9. The van der Waals surface area contributed by atoms with Gasteiger partial charge in [0.25, 0.3) is 5.69 Å². The molecule has 5 nitrogen and oxygen atoms in total. The third kappa shape index (κ3) is 3.04. The lowest BCUT2D eigenvalue weighted by molar-refractivity contribution is -0.385. The van der Waals surface area contributed by atoms with Crippen LogP contribution >= 0.6 is 11.6 Å². The molecule has 1 heterocycles. The summed E-state index contributed by atoms with van der Waals surface area (Å²) in [5, 5.41) is 19.1. The number of halogens is 1. The zero-order valence-electron chi connectivity index (χ0n) is 7.55. The fourth-order valence-corrected chi connectivity index (χ4v) is 1.09. The van der Waals surface area contributed by atoms with Gasteiger partial charge in [-0.2, -0.15) is 5.26 Å². The maximum atomic E-state index is 10.6. The van der Waals surface area contributed by atoms with Crippen molar-refractivity contribution in [3.05, 3.63) is 39.2 Å². The molecule has 1 aromatic heterocycles. The number of allylic oxidation sites excluding steroid dienone is 1. The largest absolute Gasteiger partial charge is 0.296 e. The fraction of sp³-hybridized carbons (Fsp3) is 0.111. The van der Waals surface area contributed by atoms with Crippen molar-refractivity contribution >= 4 is 23.4 Å². The van der Waals surface area contributed by atoms with Crippen LogP contribution in [0.25, 0.3) is 6.08 Å². The van der Waals surface area contributed by atoms with Crippen LogP contribution in [0.3, 0.4) is 0 Å². The van der Waals surface area contributed by atoms with Gasteiger partial charge in [0.05, 0.1) is 22.4 Å². The Hall–Kier alpha value is -1.93. The highest BCUT2D eigenvalue weighted by atomic mass is 35.5. The molecule has 0 unspecified atom stereocenters. The zero-order chi connectivity index (χ0) is 11.3. The van der Waals surface area contributed by atoms with Gasteiger partial charge >= 0.3 is 0 Å². The van der Waals surface area contributed by atoms with Crippen LogP contribution in [-0.4, -0.2) is 9.91 Å². The molecule has 0 aliphatic rings. The minimum Gasteiger partial charge on any atom is -0.258 e. The summed E-state index contributed by atoms with van der Waals surface area (Å²) in [5.41, 5.74) is 0.0244. The van der Waals surface area contributed by atoms with Gasteiger partial charge < -0.3 is 0 Å². The molecule has 0 atom stereocenters. The summed E-state index contributed by atoms with van der Waals surface area (Å²) in [5.74, 6) is 0. The first-order chi connectivity index (χ1) is 7.15. The molecule has 6 heteroatoms. The summed E-state index contributed by atoms with van der Waals surface area (Å²) in [6, 6.07) is 3.11. The highest BCUT2D eigenvalue weighted by Gasteiger charge is 2.12. The van der Waals surface area contributed by atoms with Crippen molar-refractivity contribution in [2.75, 3.05) is 0 Å². The van der Waals surface area contributed by atoms with Gasteiger partial charge in [-0.3, -0.25) is 10.1 Å². The van der Waals surface area contributed by atoms with E-state index in [2.05, 4.69) is 4.98 Å². The van der Waals surface area contributed by atoms with E-state index in [0.717, 1.165) is 0 Å². The molecule has 0 fully saturated rings. The molecule has 0 radical (unpaired) electrons. The van der Waals surface area contributed by atoms with Crippen LogP contribution in [0, 0.1) is 21.4 Å². The standard InChI is InChI=1S/C9H6ClN3O2/c10-7-5-9(13(14)15)8(12-6-7)3-1-2-4-11/h1,3,5-6H,2H2. The quantitative estimate of drug-likeness (QED) is 0.583. The van der Waals surface area contributed by atoms with Crippen LogP contribution in [-0.2, 0) is 0 Å². The molecular formula is C9H6ClN3O2. The monoisotopic (exact) mass is 223 g/mol. The number of nitriles is 1. The molecule has 0 aliphatic heterocycles. The van der Waals surface area contributed by atoms with Crippen LogP contribution < -0.4 is 0 Å². The van der Waals surface area contributed by atoms with Gasteiger partial charge in [-0.05, 0) is 6.08 Å². The summed E-state index contributed by atoms with van der Waals surface area (Å²) >= 11 is 5.58. The van der Waals surface area contributed by atoms with Gasteiger partial charge in [0.15, 0.2) is 0 Å². The molecule has 0 amide bonds. The first-order valence-electron chi connectivity index (χ1n) is 3.98. The molecule has 0 aliphatic carbocycles. The van der Waals surface area contributed by atoms with Crippen molar-refractivity contribution in [1.82, 2.24) is 4.98 Å². The lowest BCUT2D eigenvalue weighted by Gasteiger charge is -1.96. The predicted molar refractivity (Wildman–Crippen MR) is 55.2 cm³/mol. The molecule has 1 aromatic rings. The van der Waals surface area contributed by atoms with Crippen LogP contribution in [0.15, 0.2) is 18.3 Å². The Morgan fingerprint density at radius 2 is 2.47 bits per heavy atom. The van der Waals surface area contributed by atoms with Crippen LogP contribution in [0.2, 0.25) is 5.02 Å². The van der Waals surface area contributed by atoms with Gasteiger partial charge in [-0.25, -0.2) is 4.98 Å². The smallest absolute Gasteiger partial charge is 0.258 e. The van der Waals surface area contributed by atoms with E-state index in [1.807, 2.05) is 6.07 Å². The number of pyridine rings is 1. The molecule has 0 spiro atoms. The molecule has 15 heavy (non-hydrogen) atoms. The molecular weight excluding hydrogens is 218 g/mol. The molecule has 0 saturated heterocycles. The van der Waals surface area contributed by atoms with Gasteiger partial charge in [-0.1, -0.05) is 17.7 Å². The minimum absolute atomic E-state index is 0.170. The second kappa shape index (κ2) is 5.08. The van der Waals surface area contributed by atoms with E-state index < -0.39 is 4.92 Å². The number of hydrogen-bond acceptors (Lipinski definition) is 4. The normalized spacial score (nSPS) is 10.1. The zero-order valence-corrected chi connectivity index (χ0v) is 8.31. The maximum absolute atomic E-state index is 10.6. The number of rotatable bonds is 3. The second-order valence-electron chi connectivity index (χ2n) is 2.58. The lowest BCUT2D eigenvalue weighted by Crippen LogP contribution is -1.93. The molecule has 0 saturated carbocycles. The molecule has 0 bridgehead atoms. The van der Waals surface area contributed by atoms with Gasteiger partial charge in [0.2, 0.25) is 0 Å². The van der Waals surface area contributed by atoms with E-state index in [-0.39, 0.29) is 22.8 Å². The topological polar surface area (TPSA) is 79.8 Å². The Kier molecular flexibility index (Phi) is 3.77. The molecule has 1 rings (SSSR count). The van der Waals surface area contributed by atoms with E-state index >= 15 is 0 Å².